The number of nitrogens with zero attached hydrogens (tertiary/aromatic N) is 4. The number of hydrogen-bond donors (Lipinski definition) is 0. The van der Waals surface area contributed by atoms with Gasteiger partial charge in [0.05, 0.1) is 18.9 Å². The summed E-state index contributed by atoms with van der Waals surface area (Å²) >= 11 is 0. The zero-order chi connectivity index (χ0) is 21.1. The second-order valence-electron chi connectivity index (χ2n) is 9.13. The van der Waals surface area contributed by atoms with Crippen LogP contribution in [0.1, 0.15) is 36.9 Å². The summed E-state index contributed by atoms with van der Waals surface area (Å²) in [6, 6.07) is 10.5. The summed E-state index contributed by atoms with van der Waals surface area (Å²) in [5.74, 6) is 2.04. The summed E-state index contributed by atoms with van der Waals surface area (Å²) in [6.07, 6.45) is 5.81. The first-order chi connectivity index (χ1) is 15.3. The standard InChI is InChI=1S/C25H34N4O2/c1-30-17-5-12-28-13-10-25(11-14-28)9-8-21-22(25)26-23(20-6-3-2-4-7-20)27-24(21)29-15-18-31-19-16-29/h2-4,6-7H,5,8-19H2,1H3. The van der Waals surface area contributed by atoms with E-state index in [0.29, 0.717) is 0 Å². The number of rotatable bonds is 6. The lowest BCUT2D eigenvalue weighted by atomic mass is 9.76. The molecule has 2 aromatic rings. The predicted octanol–water partition coefficient (Wildman–Crippen LogP) is 3.30. The first-order valence-corrected chi connectivity index (χ1v) is 11.8. The van der Waals surface area contributed by atoms with Crippen LogP contribution in [0, 0.1) is 0 Å². The van der Waals surface area contributed by atoms with Crippen molar-refractivity contribution in [1.29, 1.82) is 0 Å². The molecule has 0 radical (unpaired) electrons. The summed E-state index contributed by atoms with van der Waals surface area (Å²) in [4.78, 5) is 15.4. The molecule has 166 valence electrons. The van der Waals surface area contributed by atoms with E-state index < -0.39 is 0 Å². The van der Waals surface area contributed by atoms with E-state index in [1.54, 1.807) is 7.11 Å². The summed E-state index contributed by atoms with van der Waals surface area (Å²) in [7, 11) is 1.79. The molecular formula is C25H34N4O2. The van der Waals surface area contributed by atoms with Crippen LogP contribution in [-0.2, 0) is 21.3 Å². The highest BCUT2D eigenvalue weighted by Crippen LogP contribution is 2.48. The van der Waals surface area contributed by atoms with E-state index in [1.165, 1.54) is 30.5 Å². The van der Waals surface area contributed by atoms with Crippen molar-refractivity contribution in [1.82, 2.24) is 14.9 Å². The monoisotopic (exact) mass is 422 g/mol. The molecule has 0 unspecified atom stereocenters. The van der Waals surface area contributed by atoms with E-state index in [9.17, 15) is 0 Å². The third-order valence-electron chi connectivity index (χ3n) is 7.32. The van der Waals surface area contributed by atoms with E-state index in [0.717, 1.165) is 82.6 Å². The molecule has 0 N–H and O–H groups in total. The number of methoxy groups -OCH3 is 1. The van der Waals surface area contributed by atoms with Crippen molar-refractivity contribution in [3.05, 3.63) is 41.6 Å². The molecule has 1 spiro atoms. The molecular weight excluding hydrogens is 388 g/mol. The minimum Gasteiger partial charge on any atom is -0.385 e. The van der Waals surface area contributed by atoms with Crippen molar-refractivity contribution in [3.8, 4) is 11.4 Å². The summed E-state index contributed by atoms with van der Waals surface area (Å²) < 4.78 is 10.9. The number of fused-ring (bicyclic) bond motifs is 2. The Bertz CT molecular complexity index is 875. The second kappa shape index (κ2) is 9.23. The number of piperidine rings is 1. The van der Waals surface area contributed by atoms with Crippen LogP contribution in [0.4, 0.5) is 5.82 Å². The highest BCUT2D eigenvalue weighted by Gasteiger charge is 2.44. The Labute approximate surface area is 185 Å². The topological polar surface area (TPSA) is 50.7 Å². The predicted molar refractivity (Wildman–Crippen MR) is 123 cm³/mol. The fraction of sp³-hybridized carbons (Fsp3) is 0.600. The van der Waals surface area contributed by atoms with Gasteiger partial charge in [-0.2, -0.15) is 0 Å². The number of hydrogen-bond acceptors (Lipinski definition) is 6. The molecule has 1 aliphatic carbocycles. The van der Waals surface area contributed by atoms with Gasteiger partial charge in [0.15, 0.2) is 5.82 Å². The van der Waals surface area contributed by atoms with E-state index in [2.05, 4.69) is 40.1 Å². The number of ether oxygens (including phenoxy) is 2. The van der Waals surface area contributed by atoms with Gasteiger partial charge in [0, 0.05) is 49.9 Å². The van der Waals surface area contributed by atoms with Gasteiger partial charge in [-0.3, -0.25) is 0 Å². The average Bonchev–Trinajstić information content (AvgIpc) is 3.19. The molecule has 1 aromatic heterocycles. The first-order valence-electron chi connectivity index (χ1n) is 11.8. The van der Waals surface area contributed by atoms with Crippen LogP contribution in [0.3, 0.4) is 0 Å². The Kier molecular flexibility index (Phi) is 6.21. The van der Waals surface area contributed by atoms with Crippen LogP contribution in [0.2, 0.25) is 0 Å². The van der Waals surface area contributed by atoms with Crippen LogP contribution in [0.5, 0.6) is 0 Å². The maximum absolute atomic E-state index is 5.62. The largest absolute Gasteiger partial charge is 0.385 e. The van der Waals surface area contributed by atoms with Crippen LogP contribution in [0.25, 0.3) is 11.4 Å². The maximum Gasteiger partial charge on any atom is 0.161 e. The van der Waals surface area contributed by atoms with Crippen LogP contribution < -0.4 is 4.90 Å². The van der Waals surface area contributed by atoms with Gasteiger partial charge in [0.1, 0.15) is 5.82 Å². The molecule has 0 saturated carbocycles. The SMILES string of the molecule is COCCCN1CCC2(CCc3c(N4CCOCC4)nc(-c4ccccc4)nc32)CC1. The third kappa shape index (κ3) is 4.21. The minimum absolute atomic E-state index is 0.209. The Morgan fingerprint density at radius 1 is 1.00 bits per heavy atom. The molecule has 5 rings (SSSR count). The molecule has 3 heterocycles. The van der Waals surface area contributed by atoms with E-state index >= 15 is 0 Å². The van der Waals surface area contributed by atoms with Crippen molar-refractivity contribution < 1.29 is 9.47 Å². The third-order valence-corrected chi connectivity index (χ3v) is 7.32. The van der Waals surface area contributed by atoms with Crippen molar-refractivity contribution in [2.75, 3.05) is 64.6 Å². The van der Waals surface area contributed by atoms with Gasteiger partial charge < -0.3 is 19.3 Å². The molecule has 0 bridgehead atoms. The van der Waals surface area contributed by atoms with Gasteiger partial charge in [0.2, 0.25) is 0 Å². The molecule has 1 aromatic carbocycles. The molecule has 2 aliphatic heterocycles. The number of aromatic nitrogens is 2. The van der Waals surface area contributed by atoms with Gasteiger partial charge in [0.25, 0.3) is 0 Å². The van der Waals surface area contributed by atoms with E-state index in [-0.39, 0.29) is 5.41 Å². The highest BCUT2D eigenvalue weighted by atomic mass is 16.5. The molecule has 0 amide bonds. The molecule has 2 fully saturated rings. The molecule has 6 heteroatoms. The summed E-state index contributed by atoms with van der Waals surface area (Å²) in [5, 5.41) is 0. The lowest BCUT2D eigenvalue weighted by Crippen LogP contribution is -2.42. The van der Waals surface area contributed by atoms with Crippen molar-refractivity contribution >= 4 is 5.82 Å². The highest BCUT2D eigenvalue weighted by molar-refractivity contribution is 5.63. The van der Waals surface area contributed by atoms with Crippen molar-refractivity contribution in [2.24, 2.45) is 0 Å². The molecule has 31 heavy (non-hydrogen) atoms. The zero-order valence-electron chi connectivity index (χ0n) is 18.7. The minimum atomic E-state index is 0.209. The number of morpholine rings is 1. The Morgan fingerprint density at radius 2 is 1.77 bits per heavy atom. The van der Waals surface area contributed by atoms with Crippen LogP contribution in [-0.4, -0.2) is 74.5 Å². The zero-order valence-corrected chi connectivity index (χ0v) is 18.7. The van der Waals surface area contributed by atoms with Crippen LogP contribution >= 0.6 is 0 Å². The smallest absolute Gasteiger partial charge is 0.161 e. The summed E-state index contributed by atoms with van der Waals surface area (Å²) in [6.45, 7) is 7.68. The van der Waals surface area contributed by atoms with Gasteiger partial charge in [-0.25, -0.2) is 9.97 Å². The van der Waals surface area contributed by atoms with Gasteiger partial charge in [-0.05, 0) is 45.2 Å². The molecule has 0 atom stereocenters. The quantitative estimate of drug-likeness (QED) is 0.666. The Hall–Kier alpha value is -2.02. The van der Waals surface area contributed by atoms with Crippen LogP contribution in [0.15, 0.2) is 30.3 Å². The fourth-order valence-corrected chi connectivity index (χ4v) is 5.50. The molecule has 3 aliphatic rings. The molecule has 2 saturated heterocycles. The second-order valence-corrected chi connectivity index (χ2v) is 9.13. The van der Waals surface area contributed by atoms with E-state index in [1.807, 2.05) is 0 Å². The number of anilines is 1. The van der Waals surface area contributed by atoms with Gasteiger partial charge in [-0.1, -0.05) is 30.3 Å². The Morgan fingerprint density at radius 3 is 2.52 bits per heavy atom. The van der Waals surface area contributed by atoms with Crippen molar-refractivity contribution in [3.63, 3.8) is 0 Å². The number of likely N-dealkylation sites (tertiary alicyclic amines) is 1. The lowest BCUT2D eigenvalue weighted by molar-refractivity contribution is 0.122. The molecule has 6 nitrogen and oxygen atoms in total. The fourth-order valence-electron chi connectivity index (χ4n) is 5.50. The maximum atomic E-state index is 5.62. The Balaban J connectivity index is 1.46. The summed E-state index contributed by atoms with van der Waals surface area (Å²) in [5.41, 5.74) is 4.05. The normalized spacial score (nSPS) is 20.9. The van der Waals surface area contributed by atoms with Gasteiger partial charge in [-0.15, -0.1) is 0 Å². The van der Waals surface area contributed by atoms with E-state index in [4.69, 9.17) is 19.4 Å². The first kappa shape index (κ1) is 20.9. The lowest BCUT2D eigenvalue weighted by Gasteiger charge is -2.39. The van der Waals surface area contributed by atoms with Crippen molar-refractivity contribution in [2.45, 2.75) is 37.5 Å². The number of benzene rings is 1. The average molecular weight is 423 g/mol. The van der Waals surface area contributed by atoms with Gasteiger partial charge >= 0.3 is 0 Å².